The lowest BCUT2D eigenvalue weighted by molar-refractivity contribution is 0.590. The standard InChI is InChI=1S/C20H16BrFN2O2S/c21-13-15-9-11-16(12-10-15)14-23-19-7-3-4-8-20(19)24(27(23,25)26)18-6-2-1-5-17(18)22/h1-12H,13-14H2. The first-order chi connectivity index (χ1) is 13.0. The molecule has 0 aromatic heterocycles. The van der Waals surface area contributed by atoms with Crippen LogP contribution in [0.1, 0.15) is 11.1 Å². The van der Waals surface area contributed by atoms with Crippen LogP contribution in [0.4, 0.5) is 21.5 Å². The van der Waals surface area contributed by atoms with E-state index in [1.807, 2.05) is 24.3 Å². The highest BCUT2D eigenvalue weighted by Gasteiger charge is 2.42. The van der Waals surface area contributed by atoms with E-state index in [9.17, 15) is 12.8 Å². The van der Waals surface area contributed by atoms with Gasteiger partial charge in [0.1, 0.15) is 5.82 Å². The van der Waals surface area contributed by atoms with Gasteiger partial charge in [-0.1, -0.05) is 64.5 Å². The number of halogens is 2. The molecule has 0 saturated heterocycles. The Bertz CT molecular complexity index is 1090. The SMILES string of the molecule is O=S1(=O)N(Cc2ccc(CBr)cc2)c2ccccc2N1c1ccccc1F. The molecular formula is C20H16BrFN2O2S. The number of anilines is 3. The van der Waals surface area contributed by atoms with Gasteiger partial charge in [-0.25, -0.2) is 13.0 Å². The molecule has 0 bridgehead atoms. The van der Waals surface area contributed by atoms with E-state index in [4.69, 9.17) is 0 Å². The Kier molecular flexibility index (Phi) is 4.65. The van der Waals surface area contributed by atoms with Gasteiger partial charge in [0.25, 0.3) is 0 Å². The number of fused-ring (bicyclic) bond motifs is 1. The third-order valence-electron chi connectivity index (χ3n) is 4.45. The fraction of sp³-hybridized carbons (Fsp3) is 0.100. The summed E-state index contributed by atoms with van der Waals surface area (Å²) in [6.07, 6.45) is 0. The summed E-state index contributed by atoms with van der Waals surface area (Å²) >= 11 is 3.40. The Labute approximate surface area is 166 Å². The van der Waals surface area contributed by atoms with Gasteiger partial charge in [0, 0.05) is 5.33 Å². The molecule has 0 radical (unpaired) electrons. The van der Waals surface area contributed by atoms with E-state index in [1.165, 1.54) is 22.5 Å². The molecule has 3 aromatic rings. The van der Waals surface area contributed by atoms with Gasteiger partial charge in [-0.15, -0.1) is 0 Å². The monoisotopic (exact) mass is 446 g/mol. The van der Waals surface area contributed by atoms with Crippen LogP contribution in [0.3, 0.4) is 0 Å². The number of hydrogen-bond donors (Lipinski definition) is 0. The molecule has 0 N–H and O–H groups in total. The van der Waals surface area contributed by atoms with Crippen LogP contribution >= 0.6 is 15.9 Å². The van der Waals surface area contributed by atoms with Gasteiger partial charge in [0.05, 0.1) is 23.6 Å². The smallest absolute Gasteiger partial charge is 0.246 e. The van der Waals surface area contributed by atoms with E-state index in [-0.39, 0.29) is 12.2 Å². The molecule has 0 saturated carbocycles. The van der Waals surface area contributed by atoms with Crippen LogP contribution in [-0.2, 0) is 22.1 Å². The van der Waals surface area contributed by atoms with Crippen molar-refractivity contribution in [2.45, 2.75) is 11.9 Å². The Balaban J connectivity index is 1.80. The molecule has 3 aromatic carbocycles. The quantitative estimate of drug-likeness (QED) is 0.521. The Morgan fingerprint density at radius 2 is 1.33 bits per heavy atom. The summed E-state index contributed by atoms with van der Waals surface area (Å²) in [7, 11) is -3.96. The molecule has 0 atom stereocenters. The molecule has 1 heterocycles. The second kappa shape index (κ2) is 6.98. The van der Waals surface area contributed by atoms with Crippen molar-refractivity contribution < 1.29 is 12.8 Å². The predicted molar refractivity (Wildman–Crippen MR) is 109 cm³/mol. The lowest BCUT2D eigenvalue weighted by atomic mass is 10.1. The lowest BCUT2D eigenvalue weighted by Gasteiger charge is -2.22. The zero-order valence-electron chi connectivity index (χ0n) is 14.2. The van der Waals surface area contributed by atoms with Crippen LogP contribution in [0.2, 0.25) is 0 Å². The first kappa shape index (κ1) is 18.0. The summed E-state index contributed by atoms with van der Waals surface area (Å²) in [5.41, 5.74) is 2.96. The van der Waals surface area contributed by atoms with Crippen LogP contribution in [0.25, 0.3) is 0 Å². The van der Waals surface area contributed by atoms with Gasteiger partial charge >= 0.3 is 10.2 Å². The predicted octanol–water partition coefficient (Wildman–Crippen LogP) is 5.12. The topological polar surface area (TPSA) is 40.6 Å². The maximum absolute atomic E-state index is 14.4. The molecule has 0 amide bonds. The first-order valence-corrected chi connectivity index (χ1v) is 10.8. The minimum absolute atomic E-state index is 0.0158. The molecule has 0 fully saturated rings. The summed E-state index contributed by atoms with van der Waals surface area (Å²) in [6.45, 7) is 0.173. The van der Waals surface area contributed by atoms with E-state index < -0.39 is 16.0 Å². The van der Waals surface area contributed by atoms with Crippen molar-refractivity contribution >= 4 is 43.2 Å². The fourth-order valence-electron chi connectivity index (χ4n) is 3.13. The molecule has 0 unspecified atom stereocenters. The average molecular weight is 447 g/mol. The van der Waals surface area contributed by atoms with Crippen LogP contribution in [-0.4, -0.2) is 8.42 Å². The highest BCUT2D eigenvalue weighted by molar-refractivity contribution is 9.08. The summed E-state index contributed by atoms with van der Waals surface area (Å²) in [5.74, 6) is -0.584. The van der Waals surface area contributed by atoms with Crippen molar-refractivity contribution in [3.8, 4) is 0 Å². The number of hydrogen-bond acceptors (Lipinski definition) is 2. The molecule has 0 spiro atoms. The van der Waals surface area contributed by atoms with Gasteiger partial charge in [0.15, 0.2) is 0 Å². The highest BCUT2D eigenvalue weighted by atomic mass is 79.9. The molecule has 27 heavy (non-hydrogen) atoms. The normalized spacial score (nSPS) is 15.0. The summed E-state index contributed by atoms with van der Waals surface area (Å²) in [6, 6.07) is 20.5. The van der Waals surface area contributed by atoms with E-state index in [1.54, 1.807) is 30.3 Å². The zero-order valence-corrected chi connectivity index (χ0v) is 16.6. The van der Waals surface area contributed by atoms with E-state index in [0.717, 1.165) is 20.8 Å². The van der Waals surface area contributed by atoms with Crippen LogP contribution in [0.5, 0.6) is 0 Å². The van der Waals surface area contributed by atoms with Crippen molar-refractivity contribution in [2.24, 2.45) is 0 Å². The number of benzene rings is 3. The minimum atomic E-state index is -3.96. The molecule has 0 aliphatic carbocycles. The van der Waals surface area contributed by atoms with Gasteiger partial charge < -0.3 is 0 Å². The summed E-state index contributed by atoms with van der Waals surface area (Å²) in [4.78, 5) is 0. The Morgan fingerprint density at radius 1 is 0.778 bits per heavy atom. The Hall–Kier alpha value is -2.38. The van der Waals surface area contributed by atoms with Crippen molar-refractivity contribution in [1.29, 1.82) is 0 Å². The third-order valence-corrected chi connectivity index (χ3v) is 6.84. The number of para-hydroxylation sites is 3. The van der Waals surface area contributed by atoms with Crippen LogP contribution in [0.15, 0.2) is 72.8 Å². The second-order valence-corrected chi connectivity index (χ2v) is 8.43. The number of rotatable bonds is 4. The van der Waals surface area contributed by atoms with Gasteiger partial charge in [-0.05, 0) is 35.4 Å². The number of alkyl halides is 1. The first-order valence-electron chi connectivity index (χ1n) is 8.32. The maximum atomic E-state index is 14.4. The molecule has 4 nitrogen and oxygen atoms in total. The van der Waals surface area contributed by atoms with Crippen molar-refractivity contribution in [3.05, 3.63) is 89.7 Å². The van der Waals surface area contributed by atoms with Crippen molar-refractivity contribution in [3.63, 3.8) is 0 Å². The molecule has 7 heteroatoms. The minimum Gasteiger partial charge on any atom is -0.246 e. The van der Waals surface area contributed by atoms with E-state index >= 15 is 0 Å². The highest BCUT2D eigenvalue weighted by Crippen LogP contribution is 2.46. The van der Waals surface area contributed by atoms with Crippen LogP contribution < -0.4 is 8.61 Å². The maximum Gasteiger partial charge on any atom is 0.331 e. The summed E-state index contributed by atoms with van der Waals surface area (Å²) < 4.78 is 43.4. The Morgan fingerprint density at radius 3 is 1.96 bits per heavy atom. The lowest BCUT2D eigenvalue weighted by Crippen LogP contribution is -2.35. The van der Waals surface area contributed by atoms with Gasteiger partial charge in [-0.2, -0.15) is 8.42 Å². The van der Waals surface area contributed by atoms with E-state index in [2.05, 4.69) is 15.9 Å². The van der Waals surface area contributed by atoms with Crippen molar-refractivity contribution in [1.82, 2.24) is 0 Å². The molecule has 1 aliphatic rings. The average Bonchev–Trinajstić information content (AvgIpc) is 2.90. The van der Waals surface area contributed by atoms with Crippen LogP contribution in [0, 0.1) is 5.82 Å². The second-order valence-electron chi connectivity index (χ2n) is 6.17. The van der Waals surface area contributed by atoms with E-state index in [0.29, 0.717) is 11.4 Å². The molecule has 138 valence electrons. The van der Waals surface area contributed by atoms with Gasteiger partial charge in [-0.3, -0.25) is 0 Å². The fourth-order valence-corrected chi connectivity index (χ4v) is 5.22. The van der Waals surface area contributed by atoms with Gasteiger partial charge in [0.2, 0.25) is 0 Å². The third kappa shape index (κ3) is 3.11. The van der Waals surface area contributed by atoms with Crippen molar-refractivity contribution in [2.75, 3.05) is 8.61 Å². The largest absolute Gasteiger partial charge is 0.331 e. The molecule has 4 rings (SSSR count). The zero-order chi connectivity index (χ0) is 19.0. The molecule has 1 aliphatic heterocycles. The molecular weight excluding hydrogens is 431 g/mol. The summed E-state index contributed by atoms with van der Waals surface area (Å²) in [5, 5.41) is 0.735. The number of nitrogens with zero attached hydrogens (tertiary/aromatic N) is 2.